The minimum absolute atomic E-state index is 0.103. The molecule has 1 amide bonds. The molecule has 0 aliphatic carbocycles. The summed E-state index contributed by atoms with van der Waals surface area (Å²) in [6, 6.07) is 9.65. The Morgan fingerprint density at radius 3 is 2.60 bits per heavy atom. The number of rotatable bonds is 5. The highest BCUT2D eigenvalue weighted by molar-refractivity contribution is 7.91. The molecule has 20 heavy (non-hydrogen) atoms. The third kappa shape index (κ3) is 4.31. The van der Waals surface area contributed by atoms with Crippen LogP contribution < -0.4 is 10.6 Å². The molecule has 5 nitrogen and oxygen atoms in total. The average Bonchev–Trinajstić information content (AvgIpc) is 2.70. The second kappa shape index (κ2) is 5.93. The number of carbonyl (C=O) groups excluding carboxylic acids is 1. The number of nitrogens with one attached hydrogen (secondary N) is 2. The highest BCUT2D eigenvalue weighted by Crippen LogP contribution is 2.22. The Kier molecular flexibility index (Phi) is 4.45. The maximum absolute atomic E-state index is 11.8. The molecule has 1 heterocycles. The van der Waals surface area contributed by atoms with Gasteiger partial charge in [0.2, 0.25) is 5.91 Å². The van der Waals surface area contributed by atoms with E-state index in [4.69, 9.17) is 0 Å². The van der Waals surface area contributed by atoms with Crippen LogP contribution in [0.5, 0.6) is 0 Å². The summed E-state index contributed by atoms with van der Waals surface area (Å²) < 4.78 is 22.9. The lowest BCUT2D eigenvalue weighted by molar-refractivity contribution is -0.120. The largest absolute Gasteiger partial charge is 0.351 e. The zero-order chi connectivity index (χ0) is 14.6. The van der Waals surface area contributed by atoms with Gasteiger partial charge in [-0.1, -0.05) is 30.3 Å². The molecule has 1 aliphatic heterocycles. The molecule has 0 radical (unpaired) electrons. The molecule has 1 saturated heterocycles. The standard InChI is InChI=1S/C14H20N2O3S/c1-14(7-8-20(18,19)11-14)16-10-13(17)15-9-12-5-3-2-4-6-12/h2-6,16H,7-11H2,1H3,(H,15,17). The van der Waals surface area contributed by atoms with Crippen molar-refractivity contribution in [3.63, 3.8) is 0 Å². The van der Waals surface area contributed by atoms with E-state index in [-0.39, 0.29) is 24.0 Å². The summed E-state index contributed by atoms with van der Waals surface area (Å²) >= 11 is 0. The van der Waals surface area contributed by atoms with Crippen molar-refractivity contribution in [2.45, 2.75) is 25.4 Å². The molecule has 110 valence electrons. The number of carbonyl (C=O) groups is 1. The van der Waals surface area contributed by atoms with Gasteiger partial charge in [0.15, 0.2) is 9.84 Å². The van der Waals surface area contributed by atoms with Crippen LogP contribution in [-0.2, 0) is 21.2 Å². The first kappa shape index (κ1) is 15.0. The van der Waals surface area contributed by atoms with Crippen LogP contribution >= 0.6 is 0 Å². The van der Waals surface area contributed by atoms with E-state index in [1.54, 1.807) is 0 Å². The van der Waals surface area contributed by atoms with Crippen molar-refractivity contribution in [2.75, 3.05) is 18.1 Å². The predicted octanol–water partition coefficient (Wildman–Crippen LogP) is 0.470. The summed E-state index contributed by atoms with van der Waals surface area (Å²) in [5.74, 6) is 0.174. The molecule has 2 N–H and O–H groups in total. The van der Waals surface area contributed by atoms with Crippen LogP contribution in [0.25, 0.3) is 0 Å². The Morgan fingerprint density at radius 1 is 1.30 bits per heavy atom. The van der Waals surface area contributed by atoms with E-state index in [1.165, 1.54) is 0 Å². The molecule has 0 saturated carbocycles. The lowest BCUT2D eigenvalue weighted by atomic mass is 10.0. The molecule has 1 atom stereocenters. The van der Waals surface area contributed by atoms with E-state index in [1.807, 2.05) is 37.3 Å². The first-order valence-corrected chi connectivity index (χ1v) is 8.47. The van der Waals surface area contributed by atoms with Gasteiger partial charge in [-0.25, -0.2) is 8.42 Å². The second-order valence-electron chi connectivity index (χ2n) is 5.52. The maximum Gasteiger partial charge on any atom is 0.234 e. The highest BCUT2D eigenvalue weighted by atomic mass is 32.2. The SMILES string of the molecule is CC1(NCC(=O)NCc2ccccc2)CCS(=O)(=O)C1. The van der Waals surface area contributed by atoms with Crippen LogP contribution in [0.2, 0.25) is 0 Å². The summed E-state index contributed by atoms with van der Waals surface area (Å²) in [5, 5.41) is 5.87. The van der Waals surface area contributed by atoms with E-state index in [0.717, 1.165) is 5.56 Å². The monoisotopic (exact) mass is 296 g/mol. The molecular formula is C14H20N2O3S. The van der Waals surface area contributed by atoms with Gasteiger partial charge < -0.3 is 10.6 Å². The zero-order valence-electron chi connectivity index (χ0n) is 11.6. The average molecular weight is 296 g/mol. The van der Waals surface area contributed by atoms with Gasteiger partial charge in [-0.15, -0.1) is 0 Å². The number of amides is 1. The van der Waals surface area contributed by atoms with Crippen molar-refractivity contribution in [1.82, 2.24) is 10.6 Å². The van der Waals surface area contributed by atoms with E-state index >= 15 is 0 Å². The Bertz CT molecular complexity index is 571. The van der Waals surface area contributed by atoms with E-state index in [9.17, 15) is 13.2 Å². The van der Waals surface area contributed by atoms with Crippen molar-refractivity contribution in [2.24, 2.45) is 0 Å². The first-order chi connectivity index (χ1) is 9.39. The fourth-order valence-corrected chi connectivity index (χ4v) is 4.43. The Balaban J connectivity index is 1.76. The van der Waals surface area contributed by atoms with Gasteiger partial charge in [-0.2, -0.15) is 0 Å². The van der Waals surface area contributed by atoms with E-state index in [2.05, 4.69) is 10.6 Å². The van der Waals surface area contributed by atoms with Crippen LogP contribution in [0.4, 0.5) is 0 Å². The normalized spacial score (nSPS) is 24.4. The van der Waals surface area contributed by atoms with Crippen molar-refractivity contribution in [3.05, 3.63) is 35.9 Å². The number of hydrogen-bond acceptors (Lipinski definition) is 4. The Hall–Kier alpha value is -1.40. The molecular weight excluding hydrogens is 276 g/mol. The third-order valence-corrected chi connectivity index (χ3v) is 5.41. The van der Waals surface area contributed by atoms with Gasteiger partial charge in [0, 0.05) is 12.1 Å². The second-order valence-corrected chi connectivity index (χ2v) is 7.70. The number of sulfone groups is 1. The van der Waals surface area contributed by atoms with Crippen molar-refractivity contribution in [1.29, 1.82) is 0 Å². The number of benzene rings is 1. The first-order valence-electron chi connectivity index (χ1n) is 6.65. The zero-order valence-corrected chi connectivity index (χ0v) is 12.4. The fourth-order valence-electron chi connectivity index (χ4n) is 2.30. The lowest BCUT2D eigenvalue weighted by Crippen LogP contribution is -2.48. The lowest BCUT2D eigenvalue weighted by Gasteiger charge is -2.23. The summed E-state index contributed by atoms with van der Waals surface area (Å²) in [5.41, 5.74) is 0.554. The molecule has 2 rings (SSSR count). The van der Waals surface area contributed by atoms with E-state index < -0.39 is 15.4 Å². The molecule has 1 aromatic rings. The topological polar surface area (TPSA) is 75.3 Å². The highest BCUT2D eigenvalue weighted by Gasteiger charge is 2.38. The third-order valence-electron chi connectivity index (χ3n) is 3.51. The van der Waals surface area contributed by atoms with Crippen LogP contribution in [0.1, 0.15) is 18.9 Å². The van der Waals surface area contributed by atoms with Gasteiger partial charge in [0.05, 0.1) is 18.1 Å². The Morgan fingerprint density at radius 2 is 2.00 bits per heavy atom. The summed E-state index contributed by atoms with van der Waals surface area (Å²) in [4.78, 5) is 11.8. The van der Waals surface area contributed by atoms with Gasteiger partial charge in [-0.3, -0.25) is 4.79 Å². The number of hydrogen-bond donors (Lipinski definition) is 2. The van der Waals surface area contributed by atoms with Gasteiger partial charge in [-0.05, 0) is 18.9 Å². The molecule has 0 bridgehead atoms. The minimum Gasteiger partial charge on any atom is -0.351 e. The van der Waals surface area contributed by atoms with Crippen LogP contribution in [0, 0.1) is 0 Å². The van der Waals surface area contributed by atoms with Crippen LogP contribution in [0.15, 0.2) is 30.3 Å². The molecule has 6 heteroatoms. The van der Waals surface area contributed by atoms with Gasteiger partial charge in [0.1, 0.15) is 0 Å². The quantitative estimate of drug-likeness (QED) is 0.828. The van der Waals surface area contributed by atoms with Crippen molar-refractivity contribution in [3.8, 4) is 0 Å². The fraction of sp³-hybridized carbons (Fsp3) is 0.500. The molecule has 1 aromatic carbocycles. The maximum atomic E-state index is 11.8. The van der Waals surface area contributed by atoms with Crippen LogP contribution in [0.3, 0.4) is 0 Å². The van der Waals surface area contributed by atoms with Crippen molar-refractivity contribution < 1.29 is 13.2 Å². The molecule has 0 spiro atoms. The van der Waals surface area contributed by atoms with Gasteiger partial charge in [0.25, 0.3) is 0 Å². The van der Waals surface area contributed by atoms with Gasteiger partial charge >= 0.3 is 0 Å². The molecule has 0 aromatic heterocycles. The Labute approximate surface area is 119 Å². The molecule has 1 fully saturated rings. The van der Waals surface area contributed by atoms with Crippen molar-refractivity contribution >= 4 is 15.7 Å². The summed E-state index contributed by atoms with van der Waals surface area (Å²) in [7, 11) is -2.95. The minimum atomic E-state index is -2.95. The summed E-state index contributed by atoms with van der Waals surface area (Å²) in [6.07, 6.45) is 0.557. The van der Waals surface area contributed by atoms with E-state index in [0.29, 0.717) is 13.0 Å². The summed E-state index contributed by atoms with van der Waals surface area (Å²) in [6.45, 7) is 2.47. The van der Waals surface area contributed by atoms with Crippen LogP contribution in [-0.4, -0.2) is 37.9 Å². The predicted molar refractivity (Wildman–Crippen MR) is 78.0 cm³/mol. The molecule has 1 aliphatic rings. The smallest absolute Gasteiger partial charge is 0.234 e. The molecule has 1 unspecified atom stereocenters.